The van der Waals surface area contributed by atoms with Gasteiger partial charge in [0.15, 0.2) is 6.61 Å². The van der Waals surface area contributed by atoms with Crippen molar-refractivity contribution >= 4 is 17.6 Å². The number of carboxylic acid groups (broad SMARTS) is 1. The zero-order valence-corrected chi connectivity index (χ0v) is 15.3. The van der Waals surface area contributed by atoms with Crippen LogP contribution in [0.4, 0.5) is 13.2 Å². The summed E-state index contributed by atoms with van der Waals surface area (Å²) in [5, 5.41) is 9.73. The van der Waals surface area contributed by atoms with Crippen molar-refractivity contribution < 1.29 is 27.8 Å². The first-order valence-electron chi connectivity index (χ1n) is 8.46. The van der Waals surface area contributed by atoms with Gasteiger partial charge < -0.3 is 9.84 Å². The third kappa shape index (κ3) is 3.90. The van der Waals surface area contributed by atoms with E-state index in [1.54, 1.807) is 18.2 Å². The van der Waals surface area contributed by atoms with Crippen molar-refractivity contribution in [3.63, 3.8) is 0 Å². The summed E-state index contributed by atoms with van der Waals surface area (Å²) in [5.41, 5.74) is 1.46. The van der Waals surface area contributed by atoms with Gasteiger partial charge in [0.1, 0.15) is 5.75 Å². The number of benzene rings is 2. The van der Waals surface area contributed by atoms with Crippen LogP contribution in [0.5, 0.6) is 5.75 Å². The minimum absolute atomic E-state index is 0.0340. The molecule has 7 heteroatoms. The van der Waals surface area contributed by atoms with E-state index in [1.165, 1.54) is 6.07 Å². The highest BCUT2D eigenvalue weighted by atomic mass is 35.5. The summed E-state index contributed by atoms with van der Waals surface area (Å²) in [6, 6.07) is 10.3. The summed E-state index contributed by atoms with van der Waals surface area (Å²) in [7, 11) is 0. The highest BCUT2D eigenvalue weighted by Gasteiger charge is 2.46. The van der Waals surface area contributed by atoms with E-state index >= 15 is 0 Å². The number of carbonyl (C=O) groups is 1. The molecule has 0 amide bonds. The summed E-state index contributed by atoms with van der Waals surface area (Å²) >= 11 is 6.34. The smallest absolute Gasteiger partial charge is 0.422 e. The van der Waals surface area contributed by atoms with Gasteiger partial charge in [-0.05, 0) is 43.0 Å². The van der Waals surface area contributed by atoms with Crippen molar-refractivity contribution in [1.82, 2.24) is 0 Å². The van der Waals surface area contributed by atoms with E-state index in [0.29, 0.717) is 29.5 Å². The molecule has 1 fully saturated rings. The van der Waals surface area contributed by atoms with Gasteiger partial charge in [-0.3, -0.25) is 4.79 Å². The maximum absolute atomic E-state index is 12.6. The largest absolute Gasteiger partial charge is 0.483 e. The van der Waals surface area contributed by atoms with Crippen molar-refractivity contribution in [3.8, 4) is 16.9 Å². The third-order valence-electron chi connectivity index (χ3n) is 4.96. The van der Waals surface area contributed by atoms with Crippen LogP contribution in [0.25, 0.3) is 11.1 Å². The minimum Gasteiger partial charge on any atom is -0.483 e. The Morgan fingerprint density at radius 3 is 2.33 bits per heavy atom. The molecule has 0 bridgehead atoms. The molecule has 1 aliphatic rings. The van der Waals surface area contributed by atoms with E-state index in [1.807, 2.05) is 19.1 Å². The van der Waals surface area contributed by atoms with Gasteiger partial charge in [-0.1, -0.05) is 47.9 Å². The monoisotopic (exact) mass is 398 g/mol. The quantitative estimate of drug-likeness (QED) is 0.696. The van der Waals surface area contributed by atoms with E-state index in [0.717, 1.165) is 12.0 Å². The van der Waals surface area contributed by atoms with Crippen LogP contribution >= 0.6 is 11.6 Å². The predicted molar refractivity (Wildman–Crippen MR) is 96.3 cm³/mol. The molecule has 0 aromatic heterocycles. The fraction of sp³-hybridized carbons (Fsp3) is 0.350. The van der Waals surface area contributed by atoms with Crippen molar-refractivity contribution in [1.29, 1.82) is 0 Å². The van der Waals surface area contributed by atoms with Crippen LogP contribution in [0.2, 0.25) is 5.02 Å². The molecule has 0 aliphatic heterocycles. The van der Waals surface area contributed by atoms with E-state index in [9.17, 15) is 23.1 Å². The van der Waals surface area contributed by atoms with Crippen LogP contribution < -0.4 is 4.74 Å². The zero-order chi connectivity index (χ0) is 19.8. The fourth-order valence-electron chi connectivity index (χ4n) is 3.24. The molecule has 0 atom stereocenters. The Kier molecular flexibility index (Phi) is 5.12. The predicted octanol–water partition coefficient (Wildman–Crippen LogP) is 5.76. The summed E-state index contributed by atoms with van der Waals surface area (Å²) in [6.07, 6.45) is -2.93. The second kappa shape index (κ2) is 7.08. The lowest BCUT2D eigenvalue weighted by Gasteiger charge is -2.38. The van der Waals surface area contributed by atoms with E-state index in [4.69, 9.17) is 16.3 Å². The molecule has 1 saturated carbocycles. The number of hydrogen-bond acceptors (Lipinski definition) is 2. The number of alkyl halides is 3. The van der Waals surface area contributed by atoms with E-state index in [2.05, 4.69) is 0 Å². The molecular formula is C20H18ClF3O3. The number of carboxylic acids is 1. The Labute approximate surface area is 159 Å². The van der Waals surface area contributed by atoms with Crippen LogP contribution in [0.3, 0.4) is 0 Å². The molecule has 1 N–H and O–H groups in total. The van der Waals surface area contributed by atoms with Crippen LogP contribution in [-0.2, 0) is 10.2 Å². The molecule has 3 nitrogen and oxygen atoms in total. The molecule has 0 unspecified atom stereocenters. The molecular weight excluding hydrogens is 381 g/mol. The molecule has 3 rings (SSSR count). The number of aryl methyl sites for hydroxylation is 1. The van der Waals surface area contributed by atoms with Gasteiger partial charge in [0.05, 0.1) is 10.4 Å². The van der Waals surface area contributed by atoms with Crippen LogP contribution in [0.15, 0.2) is 36.4 Å². The number of ether oxygens (including phenoxy) is 1. The molecule has 0 spiro atoms. The number of hydrogen-bond donors (Lipinski definition) is 1. The van der Waals surface area contributed by atoms with Crippen molar-refractivity contribution in [2.24, 2.45) is 0 Å². The lowest BCUT2D eigenvalue weighted by atomic mass is 9.64. The molecule has 144 valence electrons. The molecule has 27 heavy (non-hydrogen) atoms. The first-order valence-corrected chi connectivity index (χ1v) is 8.84. The second-order valence-corrected chi connectivity index (χ2v) is 7.22. The standard InChI is InChI=1S/C20H18ClF3O3/c1-12-3-5-13(6-4-12)15-9-14(19(18(25)26)7-2-8-19)10-16(17(15)21)27-11-20(22,23)24/h3-6,9-10H,2,7-8,11H2,1H3,(H,25,26). The number of rotatable bonds is 5. The molecule has 2 aromatic rings. The minimum atomic E-state index is -4.52. The van der Waals surface area contributed by atoms with Crippen LogP contribution in [0, 0.1) is 6.92 Å². The SMILES string of the molecule is Cc1ccc(-c2cc(C3(C(=O)O)CCC3)cc(OCC(F)(F)F)c2Cl)cc1. The Morgan fingerprint density at radius 1 is 1.22 bits per heavy atom. The topological polar surface area (TPSA) is 46.5 Å². The van der Waals surface area contributed by atoms with Gasteiger partial charge in [-0.25, -0.2) is 0 Å². The molecule has 1 aliphatic carbocycles. The zero-order valence-electron chi connectivity index (χ0n) is 14.6. The van der Waals surface area contributed by atoms with Gasteiger partial charge in [-0.2, -0.15) is 13.2 Å². The first kappa shape index (κ1) is 19.5. The van der Waals surface area contributed by atoms with Gasteiger partial charge in [0.2, 0.25) is 0 Å². The van der Waals surface area contributed by atoms with Crippen LogP contribution in [-0.4, -0.2) is 23.9 Å². The lowest BCUT2D eigenvalue weighted by molar-refractivity contribution is -0.153. The normalized spacial score (nSPS) is 15.9. The average molecular weight is 399 g/mol. The van der Waals surface area contributed by atoms with E-state index < -0.39 is 24.2 Å². The van der Waals surface area contributed by atoms with Gasteiger partial charge in [0.25, 0.3) is 0 Å². The molecule has 0 radical (unpaired) electrons. The second-order valence-electron chi connectivity index (χ2n) is 6.85. The fourth-order valence-corrected chi connectivity index (χ4v) is 3.51. The summed E-state index contributed by atoms with van der Waals surface area (Å²) in [6.45, 7) is 0.414. The van der Waals surface area contributed by atoms with Crippen molar-refractivity contribution in [2.75, 3.05) is 6.61 Å². The summed E-state index contributed by atoms with van der Waals surface area (Å²) < 4.78 is 42.8. The number of aliphatic carboxylic acids is 1. The maximum atomic E-state index is 12.6. The Bertz CT molecular complexity index is 856. The third-order valence-corrected chi connectivity index (χ3v) is 5.35. The average Bonchev–Trinajstić information content (AvgIpc) is 2.53. The van der Waals surface area contributed by atoms with Crippen molar-refractivity contribution in [3.05, 3.63) is 52.5 Å². The lowest BCUT2D eigenvalue weighted by Crippen LogP contribution is -2.42. The van der Waals surface area contributed by atoms with Gasteiger partial charge >= 0.3 is 12.1 Å². The molecule has 0 saturated heterocycles. The highest BCUT2D eigenvalue weighted by Crippen LogP contribution is 2.48. The van der Waals surface area contributed by atoms with Crippen molar-refractivity contribution in [2.45, 2.75) is 37.8 Å². The summed E-state index contributed by atoms with van der Waals surface area (Å²) in [5.74, 6) is -1.15. The van der Waals surface area contributed by atoms with E-state index in [-0.39, 0.29) is 10.8 Å². The van der Waals surface area contributed by atoms with Crippen LogP contribution in [0.1, 0.15) is 30.4 Å². The first-order chi connectivity index (χ1) is 12.6. The Morgan fingerprint density at radius 2 is 1.85 bits per heavy atom. The Balaban J connectivity index is 2.12. The maximum Gasteiger partial charge on any atom is 0.422 e. The molecule has 0 heterocycles. The Hall–Kier alpha value is -2.21. The number of halogens is 4. The summed E-state index contributed by atoms with van der Waals surface area (Å²) in [4.78, 5) is 11.9. The van der Waals surface area contributed by atoms with Gasteiger partial charge in [-0.15, -0.1) is 0 Å². The van der Waals surface area contributed by atoms with Gasteiger partial charge in [0, 0.05) is 5.56 Å². The highest BCUT2D eigenvalue weighted by molar-refractivity contribution is 6.34. The molecule has 2 aromatic carbocycles.